The van der Waals surface area contributed by atoms with Crippen molar-refractivity contribution in [2.24, 2.45) is 11.8 Å². The Balaban J connectivity index is 1.70. The molecule has 2 atom stereocenters. The van der Waals surface area contributed by atoms with E-state index in [1.54, 1.807) is 0 Å². The molecular weight excluding hydrogens is 208 g/mol. The Kier molecular flexibility index (Phi) is 5.30. The second kappa shape index (κ2) is 6.75. The number of hydrogen-bond donors (Lipinski definition) is 1. The van der Waals surface area contributed by atoms with Crippen LogP contribution in [0, 0.1) is 11.8 Å². The zero-order valence-electron chi connectivity index (χ0n) is 11.8. The van der Waals surface area contributed by atoms with E-state index in [9.17, 15) is 0 Å². The van der Waals surface area contributed by atoms with E-state index in [-0.39, 0.29) is 0 Å². The van der Waals surface area contributed by atoms with E-state index < -0.39 is 0 Å². The summed E-state index contributed by atoms with van der Waals surface area (Å²) in [5.41, 5.74) is 0. The average molecular weight is 238 g/mol. The van der Waals surface area contributed by atoms with Gasteiger partial charge in [-0.05, 0) is 50.7 Å². The number of piperidine rings is 1. The molecule has 1 N–H and O–H groups in total. The molecule has 0 spiro atoms. The monoisotopic (exact) mass is 238 g/mol. The van der Waals surface area contributed by atoms with Gasteiger partial charge in [-0.2, -0.15) is 0 Å². The van der Waals surface area contributed by atoms with Crippen LogP contribution in [0.2, 0.25) is 0 Å². The van der Waals surface area contributed by atoms with Crippen LogP contribution in [0.15, 0.2) is 0 Å². The van der Waals surface area contributed by atoms with Gasteiger partial charge < -0.3 is 10.2 Å². The van der Waals surface area contributed by atoms with Gasteiger partial charge in [0, 0.05) is 12.6 Å². The summed E-state index contributed by atoms with van der Waals surface area (Å²) in [6, 6.07) is 0.789. The molecule has 2 unspecified atom stereocenters. The van der Waals surface area contributed by atoms with Gasteiger partial charge in [0.15, 0.2) is 0 Å². The Bertz CT molecular complexity index is 213. The Labute approximate surface area is 107 Å². The topological polar surface area (TPSA) is 15.3 Å². The van der Waals surface area contributed by atoms with Gasteiger partial charge in [0.25, 0.3) is 0 Å². The predicted octanol–water partition coefficient (Wildman–Crippen LogP) is 2.89. The highest BCUT2D eigenvalue weighted by molar-refractivity contribution is 4.85. The van der Waals surface area contributed by atoms with Crippen molar-refractivity contribution >= 4 is 0 Å². The van der Waals surface area contributed by atoms with Gasteiger partial charge in [0.05, 0.1) is 0 Å². The number of likely N-dealkylation sites (tertiary alicyclic amines) is 1. The first-order chi connectivity index (χ1) is 8.33. The molecular formula is C15H30N2. The van der Waals surface area contributed by atoms with Crippen molar-refractivity contribution in [2.45, 2.75) is 58.4 Å². The molecule has 2 aliphatic rings. The minimum Gasteiger partial charge on any atom is -0.314 e. The first kappa shape index (κ1) is 13.4. The summed E-state index contributed by atoms with van der Waals surface area (Å²) in [5, 5.41) is 3.74. The molecule has 0 aromatic carbocycles. The number of rotatable bonds is 7. The van der Waals surface area contributed by atoms with E-state index in [0.717, 1.165) is 17.9 Å². The predicted molar refractivity (Wildman–Crippen MR) is 74.3 cm³/mol. The maximum Gasteiger partial charge on any atom is 0.0120 e. The molecule has 1 saturated carbocycles. The Hall–Kier alpha value is -0.0800. The molecule has 0 radical (unpaired) electrons. The van der Waals surface area contributed by atoms with Gasteiger partial charge in [-0.15, -0.1) is 0 Å². The zero-order chi connectivity index (χ0) is 12.1. The minimum atomic E-state index is 0.789. The van der Waals surface area contributed by atoms with Gasteiger partial charge in [-0.3, -0.25) is 0 Å². The van der Waals surface area contributed by atoms with E-state index >= 15 is 0 Å². The summed E-state index contributed by atoms with van der Waals surface area (Å²) in [6.07, 6.45) is 8.43. The van der Waals surface area contributed by atoms with Crippen LogP contribution in [-0.2, 0) is 0 Å². The van der Waals surface area contributed by atoms with Crippen molar-refractivity contribution < 1.29 is 0 Å². The fourth-order valence-corrected chi connectivity index (χ4v) is 3.09. The smallest absolute Gasteiger partial charge is 0.0120 e. The standard InChI is InChI=1S/C15H30N2/c1-3-9-16-15-8-11-17(12-14(15)4-2)10-7-13-5-6-13/h13-16H,3-12H2,1-2H3. The van der Waals surface area contributed by atoms with Gasteiger partial charge in [0.2, 0.25) is 0 Å². The summed E-state index contributed by atoms with van der Waals surface area (Å²) in [5.74, 6) is 1.97. The Morgan fingerprint density at radius 2 is 2.00 bits per heavy atom. The van der Waals surface area contributed by atoms with Crippen LogP contribution >= 0.6 is 0 Å². The molecule has 0 amide bonds. The number of hydrogen-bond acceptors (Lipinski definition) is 2. The Morgan fingerprint density at radius 1 is 1.18 bits per heavy atom. The van der Waals surface area contributed by atoms with Crippen LogP contribution in [0.3, 0.4) is 0 Å². The minimum absolute atomic E-state index is 0.789. The molecule has 0 aromatic heterocycles. The van der Waals surface area contributed by atoms with Crippen LogP contribution in [0.25, 0.3) is 0 Å². The molecule has 2 fully saturated rings. The normalized spacial score (nSPS) is 30.7. The Morgan fingerprint density at radius 3 is 2.65 bits per heavy atom. The van der Waals surface area contributed by atoms with Crippen LogP contribution in [0.4, 0.5) is 0 Å². The van der Waals surface area contributed by atoms with E-state index in [1.807, 2.05) is 0 Å². The quantitative estimate of drug-likeness (QED) is 0.733. The van der Waals surface area contributed by atoms with Gasteiger partial charge in [0.1, 0.15) is 0 Å². The number of nitrogens with zero attached hydrogens (tertiary/aromatic N) is 1. The van der Waals surface area contributed by atoms with Crippen LogP contribution < -0.4 is 5.32 Å². The van der Waals surface area contributed by atoms with E-state index in [0.29, 0.717) is 0 Å². The fraction of sp³-hybridized carbons (Fsp3) is 1.00. The SMILES string of the molecule is CCCNC1CCN(CCC2CC2)CC1CC. The zero-order valence-corrected chi connectivity index (χ0v) is 11.8. The first-order valence-electron chi connectivity index (χ1n) is 7.79. The molecule has 100 valence electrons. The highest BCUT2D eigenvalue weighted by atomic mass is 15.1. The van der Waals surface area contributed by atoms with E-state index in [4.69, 9.17) is 0 Å². The van der Waals surface area contributed by atoms with Crippen molar-refractivity contribution in [3.05, 3.63) is 0 Å². The third-order valence-corrected chi connectivity index (χ3v) is 4.55. The highest BCUT2D eigenvalue weighted by Gasteiger charge is 2.28. The first-order valence-corrected chi connectivity index (χ1v) is 7.79. The van der Waals surface area contributed by atoms with Gasteiger partial charge in [-0.25, -0.2) is 0 Å². The molecule has 2 heteroatoms. The molecule has 2 nitrogen and oxygen atoms in total. The van der Waals surface area contributed by atoms with Crippen molar-refractivity contribution in [3.8, 4) is 0 Å². The van der Waals surface area contributed by atoms with Crippen LogP contribution in [-0.4, -0.2) is 37.1 Å². The van der Waals surface area contributed by atoms with Crippen molar-refractivity contribution in [3.63, 3.8) is 0 Å². The molecule has 0 aromatic rings. The molecule has 0 bridgehead atoms. The van der Waals surface area contributed by atoms with Crippen molar-refractivity contribution in [1.82, 2.24) is 10.2 Å². The lowest BCUT2D eigenvalue weighted by Gasteiger charge is -2.39. The van der Waals surface area contributed by atoms with Crippen LogP contribution in [0.5, 0.6) is 0 Å². The fourth-order valence-electron chi connectivity index (χ4n) is 3.09. The lowest BCUT2D eigenvalue weighted by atomic mass is 9.89. The molecule has 1 aliphatic carbocycles. The lowest BCUT2D eigenvalue weighted by molar-refractivity contribution is 0.132. The van der Waals surface area contributed by atoms with Gasteiger partial charge >= 0.3 is 0 Å². The lowest BCUT2D eigenvalue weighted by Crippen LogP contribution is -2.49. The maximum absolute atomic E-state index is 3.74. The summed E-state index contributed by atoms with van der Waals surface area (Å²) in [7, 11) is 0. The number of nitrogens with one attached hydrogen (secondary N) is 1. The molecule has 1 heterocycles. The third-order valence-electron chi connectivity index (χ3n) is 4.55. The molecule has 17 heavy (non-hydrogen) atoms. The maximum atomic E-state index is 3.74. The van der Waals surface area contributed by atoms with Gasteiger partial charge in [-0.1, -0.05) is 33.1 Å². The largest absolute Gasteiger partial charge is 0.314 e. The summed E-state index contributed by atoms with van der Waals surface area (Å²) >= 11 is 0. The molecule has 1 aliphatic heterocycles. The van der Waals surface area contributed by atoms with E-state index in [2.05, 4.69) is 24.1 Å². The summed E-state index contributed by atoms with van der Waals surface area (Å²) < 4.78 is 0. The summed E-state index contributed by atoms with van der Waals surface area (Å²) in [4.78, 5) is 2.72. The van der Waals surface area contributed by atoms with Crippen molar-refractivity contribution in [2.75, 3.05) is 26.2 Å². The second-order valence-electron chi connectivity index (χ2n) is 6.05. The average Bonchev–Trinajstić information content (AvgIpc) is 3.18. The summed E-state index contributed by atoms with van der Waals surface area (Å²) in [6.45, 7) is 9.84. The van der Waals surface area contributed by atoms with Crippen molar-refractivity contribution in [1.29, 1.82) is 0 Å². The second-order valence-corrected chi connectivity index (χ2v) is 6.05. The molecule has 2 rings (SSSR count). The van der Waals surface area contributed by atoms with E-state index in [1.165, 1.54) is 64.7 Å². The molecule has 1 saturated heterocycles. The highest BCUT2D eigenvalue weighted by Crippen LogP contribution is 2.33. The third kappa shape index (κ3) is 4.26. The van der Waals surface area contributed by atoms with Crippen LogP contribution in [0.1, 0.15) is 52.4 Å².